The highest BCUT2D eigenvalue weighted by atomic mass is 19.1. The Bertz CT molecular complexity index is 624. The molecule has 0 aliphatic rings. The minimum atomic E-state index is -0.919. The SMILES string of the molecule is O=C(O)Cc1ccc(NC(=O)c2ccc(F)cn2)cc1. The number of hydrogen-bond donors (Lipinski definition) is 2. The molecule has 0 atom stereocenters. The zero-order valence-corrected chi connectivity index (χ0v) is 10.3. The van der Waals surface area contributed by atoms with E-state index in [2.05, 4.69) is 10.3 Å². The molecule has 1 aromatic heterocycles. The molecule has 0 spiro atoms. The number of aliphatic carboxylic acids is 1. The number of carbonyl (C=O) groups is 2. The maximum absolute atomic E-state index is 12.7. The number of carboxylic acid groups (broad SMARTS) is 1. The predicted molar refractivity (Wildman–Crippen MR) is 69.9 cm³/mol. The summed E-state index contributed by atoms with van der Waals surface area (Å²) >= 11 is 0. The molecule has 6 heteroatoms. The Morgan fingerprint density at radius 1 is 1.15 bits per heavy atom. The topological polar surface area (TPSA) is 79.3 Å². The standard InChI is InChI=1S/C14H11FN2O3/c15-10-3-6-12(16-8-10)14(20)17-11-4-1-9(2-5-11)7-13(18)19/h1-6,8H,7H2,(H,17,20)(H,18,19). The number of nitrogens with zero attached hydrogens (tertiary/aromatic N) is 1. The fourth-order valence-electron chi connectivity index (χ4n) is 1.59. The molecule has 102 valence electrons. The first-order valence-corrected chi connectivity index (χ1v) is 5.78. The maximum atomic E-state index is 12.7. The van der Waals surface area contributed by atoms with Crippen LogP contribution in [0.3, 0.4) is 0 Å². The minimum absolute atomic E-state index is 0.0757. The maximum Gasteiger partial charge on any atom is 0.307 e. The van der Waals surface area contributed by atoms with Crippen LogP contribution in [0.4, 0.5) is 10.1 Å². The van der Waals surface area contributed by atoms with Crippen molar-refractivity contribution in [3.63, 3.8) is 0 Å². The van der Waals surface area contributed by atoms with Gasteiger partial charge in [-0.1, -0.05) is 12.1 Å². The third-order valence-electron chi connectivity index (χ3n) is 2.53. The van der Waals surface area contributed by atoms with Gasteiger partial charge in [0.2, 0.25) is 0 Å². The van der Waals surface area contributed by atoms with Gasteiger partial charge in [-0.2, -0.15) is 0 Å². The van der Waals surface area contributed by atoms with Gasteiger partial charge in [0.15, 0.2) is 0 Å². The fraction of sp³-hybridized carbons (Fsp3) is 0.0714. The summed E-state index contributed by atoms with van der Waals surface area (Å²) in [6.07, 6.45) is 0.888. The number of hydrogen-bond acceptors (Lipinski definition) is 3. The fourth-order valence-corrected chi connectivity index (χ4v) is 1.59. The van der Waals surface area contributed by atoms with Gasteiger partial charge in [-0.05, 0) is 29.8 Å². The number of carbonyl (C=O) groups excluding carboxylic acids is 1. The normalized spacial score (nSPS) is 10.1. The van der Waals surface area contributed by atoms with Gasteiger partial charge in [0, 0.05) is 5.69 Å². The summed E-state index contributed by atoms with van der Waals surface area (Å²) < 4.78 is 12.7. The number of anilines is 1. The van der Waals surface area contributed by atoms with Gasteiger partial charge < -0.3 is 10.4 Å². The summed E-state index contributed by atoms with van der Waals surface area (Å²) in [5, 5.41) is 11.2. The molecule has 2 aromatic rings. The van der Waals surface area contributed by atoms with Crippen LogP contribution in [0.2, 0.25) is 0 Å². The molecular formula is C14H11FN2O3. The molecule has 1 aromatic carbocycles. The van der Waals surface area contributed by atoms with Crippen LogP contribution < -0.4 is 5.32 Å². The number of rotatable bonds is 4. The van der Waals surface area contributed by atoms with Gasteiger partial charge in [-0.25, -0.2) is 9.37 Å². The van der Waals surface area contributed by atoms with Crippen molar-refractivity contribution in [2.75, 3.05) is 5.32 Å². The molecule has 2 N–H and O–H groups in total. The first-order valence-electron chi connectivity index (χ1n) is 5.78. The molecule has 0 saturated carbocycles. The van der Waals surface area contributed by atoms with Crippen molar-refractivity contribution in [1.29, 1.82) is 0 Å². The van der Waals surface area contributed by atoms with Gasteiger partial charge >= 0.3 is 5.97 Å². The van der Waals surface area contributed by atoms with Crippen molar-refractivity contribution in [3.8, 4) is 0 Å². The Morgan fingerprint density at radius 2 is 1.85 bits per heavy atom. The van der Waals surface area contributed by atoms with Gasteiger partial charge in [-0.15, -0.1) is 0 Å². The lowest BCUT2D eigenvalue weighted by molar-refractivity contribution is -0.136. The van der Waals surface area contributed by atoms with Crippen LogP contribution in [0.1, 0.15) is 16.1 Å². The van der Waals surface area contributed by atoms with Crippen LogP contribution in [0.25, 0.3) is 0 Å². The molecule has 0 aliphatic carbocycles. The van der Waals surface area contributed by atoms with Crippen molar-refractivity contribution in [3.05, 3.63) is 59.7 Å². The molecule has 0 bridgehead atoms. The van der Waals surface area contributed by atoms with Gasteiger partial charge in [0.1, 0.15) is 11.5 Å². The second-order valence-electron chi connectivity index (χ2n) is 4.08. The molecule has 0 unspecified atom stereocenters. The lowest BCUT2D eigenvalue weighted by atomic mass is 10.1. The Hall–Kier alpha value is -2.76. The Kier molecular flexibility index (Phi) is 4.05. The van der Waals surface area contributed by atoms with Gasteiger partial charge in [0.05, 0.1) is 12.6 Å². The van der Waals surface area contributed by atoms with E-state index in [1.807, 2.05) is 0 Å². The van der Waals surface area contributed by atoms with E-state index in [4.69, 9.17) is 5.11 Å². The number of carboxylic acids is 1. The molecule has 0 fully saturated rings. The van der Waals surface area contributed by atoms with Crippen LogP contribution in [0, 0.1) is 5.82 Å². The minimum Gasteiger partial charge on any atom is -0.481 e. The number of benzene rings is 1. The van der Waals surface area contributed by atoms with Crippen LogP contribution in [-0.2, 0) is 11.2 Å². The number of nitrogens with one attached hydrogen (secondary N) is 1. The van der Waals surface area contributed by atoms with Crippen molar-refractivity contribution in [1.82, 2.24) is 4.98 Å². The number of halogens is 1. The summed E-state index contributed by atoms with van der Waals surface area (Å²) in [6, 6.07) is 8.85. The van der Waals surface area contributed by atoms with Gasteiger partial charge in [-0.3, -0.25) is 9.59 Å². The van der Waals surface area contributed by atoms with Crippen molar-refractivity contribution < 1.29 is 19.1 Å². The highest BCUT2D eigenvalue weighted by Gasteiger charge is 2.08. The molecule has 5 nitrogen and oxygen atoms in total. The Balaban J connectivity index is 2.04. The van der Waals surface area contributed by atoms with Crippen molar-refractivity contribution in [2.24, 2.45) is 0 Å². The van der Waals surface area contributed by atoms with E-state index in [-0.39, 0.29) is 12.1 Å². The van der Waals surface area contributed by atoms with E-state index < -0.39 is 17.7 Å². The van der Waals surface area contributed by atoms with Crippen LogP contribution in [0.15, 0.2) is 42.6 Å². The molecule has 0 aliphatic heterocycles. The zero-order valence-electron chi connectivity index (χ0n) is 10.3. The summed E-state index contributed by atoms with van der Waals surface area (Å²) in [4.78, 5) is 26.0. The van der Waals surface area contributed by atoms with Gasteiger partial charge in [0.25, 0.3) is 5.91 Å². The zero-order chi connectivity index (χ0) is 14.5. The first-order chi connectivity index (χ1) is 9.54. The largest absolute Gasteiger partial charge is 0.481 e. The highest BCUT2D eigenvalue weighted by Crippen LogP contribution is 2.11. The molecule has 0 radical (unpaired) electrons. The third kappa shape index (κ3) is 3.61. The van der Waals surface area contributed by atoms with Crippen LogP contribution >= 0.6 is 0 Å². The highest BCUT2D eigenvalue weighted by molar-refractivity contribution is 6.02. The molecule has 1 heterocycles. The van der Waals surface area contributed by atoms with E-state index in [9.17, 15) is 14.0 Å². The van der Waals surface area contributed by atoms with Crippen molar-refractivity contribution >= 4 is 17.6 Å². The summed E-state index contributed by atoms with van der Waals surface area (Å²) in [5.41, 5.74) is 1.24. The first kappa shape index (κ1) is 13.7. The monoisotopic (exact) mass is 274 g/mol. The van der Waals surface area contributed by atoms with E-state index in [1.54, 1.807) is 24.3 Å². The van der Waals surface area contributed by atoms with E-state index in [0.717, 1.165) is 12.3 Å². The summed E-state index contributed by atoms with van der Waals surface area (Å²) in [6.45, 7) is 0. The average molecular weight is 274 g/mol. The third-order valence-corrected chi connectivity index (χ3v) is 2.53. The molecule has 20 heavy (non-hydrogen) atoms. The number of pyridine rings is 1. The van der Waals surface area contributed by atoms with Crippen molar-refractivity contribution in [2.45, 2.75) is 6.42 Å². The number of amides is 1. The molecule has 2 rings (SSSR count). The van der Waals surface area contributed by atoms with E-state index in [1.165, 1.54) is 6.07 Å². The second kappa shape index (κ2) is 5.92. The van der Waals surface area contributed by atoms with E-state index >= 15 is 0 Å². The average Bonchev–Trinajstić information content (AvgIpc) is 2.41. The summed E-state index contributed by atoms with van der Waals surface area (Å²) in [5.74, 6) is -1.90. The molecular weight excluding hydrogens is 263 g/mol. The number of aromatic nitrogens is 1. The van der Waals surface area contributed by atoms with Crippen LogP contribution in [0.5, 0.6) is 0 Å². The molecule has 1 amide bonds. The second-order valence-corrected chi connectivity index (χ2v) is 4.08. The summed E-state index contributed by atoms with van der Waals surface area (Å²) in [7, 11) is 0. The van der Waals surface area contributed by atoms with Crippen LogP contribution in [-0.4, -0.2) is 22.0 Å². The Morgan fingerprint density at radius 3 is 2.40 bits per heavy atom. The Labute approximate surface area is 114 Å². The predicted octanol–water partition coefficient (Wildman–Crippen LogP) is 2.10. The smallest absolute Gasteiger partial charge is 0.307 e. The quantitative estimate of drug-likeness (QED) is 0.894. The lowest BCUT2D eigenvalue weighted by Crippen LogP contribution is -2.13. The molecule has 0 saturated heterocycles. The van der Waals surface area contributed by atoms with E-state index in [0.29, 0.717) is 11.3 Å². The lowest BCUT2D eigenvalue weighted by Gasteiger charge is -2.05.